The lowest BCUT2D eigenvalue weighted by atomic mass is 9.89. The van der Waals surface area contributed by atoms with Gasteiger partial charge in [0.15, 0.2) is 0 Å². The quantitative estimate of drug-likeness (QED) is 0.710. The van der Waals surface area contributed by atoms with Gasteiger partial charge in [-0.3, -0.25) is 4.79 Å². The van der Waals surface area contributed by atoms with Crippen molar-refractivity contribution in [2.24, 2.45) is 11.8 Å². The van der Waals surface area contributed by atoms with Crippen LogP contribution in [-0.4, -0.2) is 38.3 Å². The summed E-state index contributed by atoms with van der Waals surface area (Å²) in [6.07, 6.45) is 7.34. The number of hydrogen-bond acceptors (Lipinski definition) is 3. The smallest absolute Gasteiger partial charge is 0.223 e. The Balaban J connectivity index is 1.48. The summed E-state index contributed by atoms with van der Waals surface area (Å²) in [7, 11) is -3.48. The highest BCUT2D eigenvalue weighted by atomic mass is 35.5. The fourth-order valence-electron chi connectivity index (χ4n) is 4.10. The van der Waals surface area contributed by atoms with Crippen molar-refractivity contribution in [1.82, 2.24) is 9.62 Å². The van der Waals surface area contributed by atoms with Gasteiger partial charge in [0, 0.05) is 35.6 Å². The van der Waals surface area contributed by atoms with Crippen molar-refractivity contribution in [2.45, 2.75) is 50.7 Å². The number of sulfonamides is 1. The maximum absolute atomic E-state index is 12.7. The summed E-state index contributed by atoms with van der Waals surface area (Å²) in [5.74, 6) is 0.418. The fraction of sp³-hybridized carbons (Fsp3) is 0.650. The van der Waals surface area contributed by atoms with E-state index < -0.39 is 10.0 Å². The first-order valence-electron chi connectivity index (χ1n) is 10.0. The molecule has 0 unspecified atom stereocenters. The van der Waals surface area contributed by atoms with E-state index in [1.54, 1.807) is 18.2 Å². The molecule has 1 aromatic carbocycles. The van der Waals surface area contributed by atoms with Gasteiger partial charge >= 0.3 is 0 Å². The summed E-state index contributed by atoms with van der Waals surface area (Å²) in [4.78, 5) is 12.5. The molecule has 0 spiro atoms. The van der Waals surface area contributed by atoms with E-state index >= 15 is 0 Å². The molecule has 0 aromatic heterocycles. The highest BCUT2D eigenvalue weighted by molar-refractivity contribution is 7.88. The summed E-state index contributed by atoms with van der Waals surface area (Å²) in [6, 6.07) is 4.84. The Morgan fingerprint density at radius 1 is 1.07 bits per heavy atom. The number of nitrogens with zero attached hydrogens (tertiary/aromatic N) is 1. The number of hydrogen-bond donors (Lipinski definition) is 1. The van der Waals surface area contributed by atoms with E-state index in [4.69, 9.17) is 23.2 Å². The minimum absolute atomic E-state index is 0.0726. The number of carbonyl (C=O) groups is 1. The van der Waals surface area contributed by atoms with Gasteiger partial charge in [-0.2, -0.15) is 0 Å². The van der Waals surface area contributed by atoms with Crippen LogP contribution in [0.2, 0.25) is 10.0 Å². The molecule has 3 rings (SSSR count). The van der Waals surface area contributed by atoms with Crippen LogP contribution in [0.15, 0.2) is 18.2 Å². The van der Waals surface area contributed by atoms with Crippen LogP contribution in [0.3, 0.4) is 0 Å². The molecule has 28 heavy (non-hydrogen) atoms. The van der Waals surface area contributed by atoms with E-state index in [2.05, 4.69) is 5.32 Å². The van der Waals surface area contributed by atoms with Crippen LogP contribution in [-0.2, 0) is 20.6 Å². The molecule has 1 aliphatic carbocycles. The van der Waals surface area contributed by atoms with E-state index in [0.29, 0.717) is 47.5 Å². The standard InChI is InChI=1S/C20H28Cl2N2O3S/c21-18-7-6-17(19(22)12-18)14-28(26,27)24-10-8-16(9-11-24)20(25)23-13-15-4-2-1-3-5-15/h6-7,12,15-16H,1-5,8-11,13-14H2,(H,23,25). The van der Waals surface area contributed by atoms with Crippen molar-refractivity contribution < 1.29 is 13.2 Å². The topological polar surface area (TPSA) is 66.5 Å². The summed E-state index contributed by atoms with van der Waals surface area (Å²) < 4.78 is 26.9. The number of nitrogens with one attached hydrogen (secondary N) is 1. The third-order valence-corrected chi connectivity index (χ3v) is 8.28. The molecule has 0 radical (unpaired) electrons. The second kappa shape index (κ2) is 9.79. The first-order valence-corrected chi connectivity index (χ1v) is 12.4. The molecule has 1 aromatic rings. The molecular weight excluding hydrogens is 419 g/mol. The van der Waals surface area contributed by atoms with Crippen LogP contribution in [0.5, 0.6) is 0 Å². The number of halogens is 2. The van der Waals surface area contributed by atoms with Crippen molar-refractivity contribution in [3.05, 3.63) is 33.8 Å². The first kappa shape index (κ1) is 21.9. The lowest BCUT2D eigenvalue weighted by Gasteiger charge is -2.31. The van der Waals surface area contributed by atoms with Crippen molar-refractivity contribution >= 4 is 39.1 Å². The monoisotopic (exact) mass is 446 g/mol. The molecule has 1 amide bonds. The molecule has 5 nitrogen and oxygen atoms in total. The molecule has 1 saturated heterocycles. The Labute approximate surface area is 177 Å². The Hall–Kier alpha value is -0.820. The second-order valence-electron chi connectivity index (χ2n) is 7.91. The lowest BCUT2D eigenvalue weighted by Crippen LogP contribution is -2.44. The Morgan fingerprint density at radius 3 is 2.39 bits per heavy atom. The van der Waals surface area contributed by atoms with Gasteiger partial charge in [-0.15, -0.1) is 0 Å². The number of benzene rings is 1. The average Bonchev–Trinajstić information content (AvgIpc) is 2.69. The molecule has 0 bridgehead atoms. The van der Waals surface area contributed by atoms with Gasteiger partial charge < -0.3 is 5.32 Å². The van der Waals surface area contributed by atoms with E-state index in [0.717, 1.165) is 6.54 Å². The summed E-state index contributed by atoms with van der Waals surface area (Å²) >= 11 is 12.0. The molecule has 2 aliphatic rings. The second-order valence-corrected chi connectivity index (χ2v) is 10.7. The zero-order chi connectivity index (χ0) is 20.1. The van der Waals surface area contributed by atoms with E-state index in [1.165, 1.54) is 36.4 Å². The van der Waals surface area contributed by atoms with Gasteiger partial charge in [0.1, 0.15) is 0 Å². The molecule has 8 heteroatoms. The average molecular weight is 447 g/mol. The van der Waals surface area contributed by atoms with Crippen LogP contribution < -0.4 is 5.32 Å². The number of rotatable bonds is 6. The number of amides is 1. The van der Waals surface area contributed by atoms with Crippen LogP contribution in [0.1, 0.15) is 50.5 Å². The third-order valence-electron chi connectivity index (χ3n) is 5.86. The van der Waals surface area contributed by atoms with Crippen molar-refractivity contribution in [1.29, 1.82) is 0 Å². The van der Waals surface area contributed by atoms with E-state index in [1.807, 2.05) is 0 Å². The molecule has 0 atom stereocenters. The molecule has 156 valence electrons. The van der Waals surface area contributed by atoms with Crippen LogP contribution in [0.4, 0.5) is 0 Å². The Bertz CT molecular complexity index is 787. The molecule has 1 aliphatic heterocycles. The predicted octanol–water partition coefficient (Wildman–Crippen LogP) is 4.23. The predicted molar refractivity (Wildman–Crippen MR) is 113 cm³/mol. The normalized spacial score (nSPS) is 20.2. The van der Waals surface area contributed by atoms with Gasteiger partial charge in [-0.25, -0.2) is 12.7 Å². The van der Waals surface area contributed by atoms with Crippen molar-refractivity contribution in [3.8, 4) is 0 Å². The van der Waals surface area contributed by atoms with Crippen LogP contribution in [0.25, 0.3) is 0 Å². The zero-order valence-corrected chi connectivity index (χ0v) is 18.3. The van der Waals surface area contributed by atoms with Crippen molar-refractivity contribution in [3.63, 3.8) is 0 Å². The number of piperidine rings is 1. The van der Waals surface area contributed by atoms with Crippen LogP contribution >= 0.6 is 23.2 Å². The molecule has 1 N–H and O–H groups in total. The lowest BCUT2D eigenvalue weighted by molar-refractivity contribution is -0.126. The van der Waals surface area contributed by atoms with Gasteiger partial charge in [-0.05, 0) is 49.3 Å². The minimum Gasteiger partial charge on any atom is -0.356 e. The molecule has 2 fully saturated rings. The van der Waals surface area contributed by atoms with E-state index in [-0.39, 0.29) is 17.6 Å². The summed E-state index contributed by atoms with van der Waals surface area (Å²) in [6.45, 7) is 1.50. The van der Waals surface area contributed by atoms with Gasteiger partial charge in [0.2, 0.25) is 15.9 Å². The maximum Gasteiger partial charge on any atom is 0.223 e. The SMILES string of the molecule is O=C(NCC1CCCCC1)C1CCN(S(=O)(=O)Cc2ccc(Cl)cc2Cl)CC1. The Kier molecular flexibility index (Phi) is 7.65. The molecule has 1 heterocycles. The zero-order valence-electron chi connectivity index (χ0n) is 16.0. The molecule has 1 saturated carbocycles. The van der Waals surface area contributed by atoms with Gasteiger partial charge in [0.25, 0.3) is 0 Å². The highest BCUT2D eigenvalue weighted by Gasteiger charge is 2.31. The first-order chi connectivity index (χ1) is 13.3. The molecular formula is C20H28Cl2N2O3S. The summed E-state index contributed by atoms with van der Waals surface area (Å²) in [5, 5.41) is 3.92. The van der Waals surface area contributed by atoms with E-state index in [9.17, 15) is 13.2 Å². The highest BCUT2D eigenvalue weighted by Crippen LogP contribution is 2.27. The summed E-state index contributed by atoms with van der Waals surface area (Å²) in [5.41, 5.74) is 0.540. The fourth-order valence-corrected chi connectivity index (χ4v) is 6.25. The largest absolute Gasteiger partial charge is 0.356 e. The number of carbonyl (C=O) groups excluding carboxylic acids is 1. The Morgan fingerprint density at radius 2 is 1.75 bits per heavy atom. The maximum atomic E-state index is 12.7. The van der Waals surface area contributed by atoms with Gasteiger partial charge in [0.05, 0.1) is 5.75 Å². The van der Waals surface area contributed by atoms with Crippen LogP contribution in [0, 0.1) is 11.8 Å². The van der Waals surface area contributed by atoms with Crippen molar-refractivity contribution in [2.75, 3.05) is 19.6 Å². The van der Waals surface area contributed by atoms with Gasteiger partial charge in [-0.1, -0.05) is 48.5 Å². The minimum atomic E-state index is -3.48. The third kappa shape index (κ3) is 5.85.